The summed E-state index contributed by atoms with van der Waals surface area (Å²) in [5.41, 5.74) is 3.38. The molecule has 0 radical (unpaired) electrons. The maximum Gasteiger partial charge on any atom is 0.224 e. The highest BCUT2D eigenvalue weighted by Crippen LogP contribution is 2.17. The Hall–Kier alpha value is -1.61. The van der Waals surface area contributed by atoms with Crippen LogP contribution in [0.3, 0.4) is 0 Å². The van der Waals surface area contributed by atoms with Gasteiger partial charge in [0.15, 0.2) is 0 Å². The van der Waals surface area contributed by atoms with E-state index in [1.807, 2.05) is 24.3 Å². The van der Waals surface area contributed by atoms with Gasteiger partial charge in [0.25, 0.3) is 0 Å². The Kier molecular flexibility index (Phi) is 5.36. The van der Waals surface area contributed by atoms with Crippen LogP contribution in [0, 0.1) is 0 Å². The maximum absolute atomic E-state index is 11.9. The molecule has 3 heteroatoms. The van der Waals surface area contributed by atoms with Gasteiger partial charge in [-0.2, -0.15) is 0 Å². The van der Waals surface area contributed by atoms with Gasteiger partial charge in [0.1, 0.15) is 0 Å². The summed E-state index contributed by atoms with van der Waals surface area (Å²) in [6, 6.07) is 7.62. The van der Waals surface area contributed by atoms with E-state index in [9.17, 15) is 4.79 Å². The predicted octanol–water partition coefficient (Wildman–Crippen LogP) is 5.00. The predicted molar refractivity (Wildman–Crippen MR) is 87.6 cm³/mol. The Morgan fingerprint density at radius 1 is 1.25 bits per heavy atom. The largest absolute Gasteiger partial charge is 0.326 e. The molecule has 0 bridgehead atoms. The molecule has 0 aliphatic heterocycles. The van der Waals surface area contributed by atoms with E-state index in [1.165, 1.54) is 11.1 Å². The second-order valence-electron chi connectivity index (χ2n) is 4.90. The van der Waals surface area contributed by atoms with E-state index in [0.717, 1.165) is 23.0 Å². The van der Waals surface area contributed by atoms with Crippen molar-refractivity contribution in [1.82, 2.24) is 0 Å². The molecule has 0 unspecified atom stereocenters. The number of benzene rings is 1. The van der Waals surface area contributed by atoms with Crippen LogP contribution in [0.15, 0.2) is 64.2 Å². The highest BCUT2D eigenvalue weighted by atomic mass is 79.9. The van der Waals surface area contributed by atoms with E-state index >= 15 is 0 Å². The lowest BCUT2D eigenvalue weighted by Gasteiger charge is -2.06. The van der Waals surface area contributed by atoms with Gasteiger partial charge in [-0.1, -0.05) is 51.4 Å². The van der Waals surface area contributed by atoms with E-state index in [4.69, 9.17) is 0 Å². The van der Waals surface area contributed by atoms with Gasteiger partial charge in [-0.05, 0) is 44.0 Å². The summed E-state index contributed by atoms with van der Waals surface area (Å²) >= 11 is 3.37. The minimum atomic E-state index is 0.0575. The summed E-state index contributed by atoms with van der Waals surface area (Å²) in [6.07, 6.45) is 10.7. The molecular formula is C17H18BrNO. The van der Waals surface area contributed by atoms with Crippen LogP contribution < -0.4 is 5.32 Å². The van der Waals surface area contributed by atoms with Crippen molar-refractivity contribution in [1.29, 1.82) is 0 Å². The fourth-order valence-electron chi connectivity index (χ4n) is 1.99. The monoisotopic (exact) mass is 331 g/mol. The molecule has 1 aliphatic carbocycles. The summed E-state index contributed by atoms with van der Waals surface area (Å²) in [4.78, 5) is 11.9. The average Bonchev–Trinajstić information content (AvgIpc) is 2.64. The average molecular weight is 332 g/mol. The van der Waals surface area contributed by atoms with Gasteiger partial charge in [0, 0.05) is 16.6 Å². The molecule has 0 heterocycles. The molecule has 1 N–H and O–H groups in total. The summed E-state index contributed by atoms with van der Waals surface area (Å²) in [5, 5.41) is 2.91. The van der Waals surface area contributed by atoms with E-state index in [1.54, 1.807) is 0 Å². The molecule has 20 heavy (non-hydrogen) atoms. The first-order chi connectivity index (χ1) is 9.63. The number of allylic oxidation sites excluding steroid dienone is 6. The molecule has 0 saturated heterocycles. The van der Waals surface area contributed by atoms with Crippen LogP contribution in [-0.4, -0.2) is 5.91 Å². The highest BCUT2D eigenvalue weighted by Gasteiger charge is 2.05. The van der Waals surface area contributed by atoms with Crippen molar-refractivity contribution in [3.8, 4) is 0 Å². The molecule has 1 aromatic rings. The lowest BCUT2D eigenvalue weighted by Crippen LogP contribution is -2.11. The fourth-order valence-corrected chi connectivity index (χ4v) is 2.25. The Balaban J connectivity index is 1.83. The number of nitrogens with one attached hydrogen (secondary N) is 1. The van der Waals surface area contributed by atoms with Gasteiger partial charge in [-0.25, -0.2) is 0 Å². The third-order valence-electron chi connectivity index (χ3n) is 3.14. The third-order valence-corrected chi connectivity index (χ3v) is 3.67. The van der Waals surface area contributed by atoms with Crippen LogP contribution in [0.2, 0.25) is 0 Å². The molecule has 1 aliphatic rings. The summed E-state index contributed by atoms with van der Waals surface area (Å²) in [5.74, 6) is 0.0575. The normalized spacial score (nSPS) is 14.3. The zero-order valence-electron chi connectivity index (χ0n) is 11.5. The van der Waals surface area contributed by atoms with Crippen LogP contribution in [0.4, 0.5) is 5.69 Å². The number of amides is 1. The quantitative estimate of drug-likeness (QED) is 0.826. The fraction of sp³-hybridized carbons (Fsp3) is 0.235. The van der Waals surface area contributed by atoms with Crippen LogP contribution in [0.1, 0.15) is 26.2 Å². The van der Waals surface area contributed by atoms with Gasteiger partial charge in [-0.15, -0.1) is 0 Å². The number of carbonyl (C=O) groups excluding carboxylic acids is 1. The van der Waals surface area contributed by atoms with Gasteiger partial charge >= 0.3 is 0 Å². The zero-order valence-corrected chi connectivity index (χ0v) is 13.1. The van der Waals surface area contributed by atoms with Crippen LogP contribution in [0.25, 0.3) is 0 Å². The molecule has 1 amide bonds. The Morgan fingerprint density at radius 2 is 2.00 bits per heavy atom. The van der Waals surface area contributed by atoms with Gasteiger partial charge < -0.3 is 5.32 Å². The molecule has 1 aromatic carbocycles. The van der Waals surface area contributed by atoms with E-state index < -0.39 is 0 Å². The molecule has 0 saturated carbocycles. The Labute approximate surface area is 128 Å². The minimum absolute atomic E-state index is 0.0575. The lowest BCUT2D eigenvalue weighted by atomic mass is 10.1. The lowest BCUT2D eigenvalue weighted by molar-refractivity contribution is -0.116. The van der Waals surface area contributed by atoms with Crippen molar-refractivity contribution < 1.29 is 4.79 Å². The first-order valence-corrected chi connectivity index (χ1v) is 7.51. The number of rotatable bonds is 4. The molecule has 2 nitrogen and oxygen atoms in total. The van der Waals surface area contributed by atoms with Crippen molar-refractivity contribution in [3.63, 3.8) is 0 Å². The highest BCUT2D eigenvalue weighted by molar-refractivity contribution is 9.10. The SMILES string of the molecule is CC1=CC=C(CCC(=O)Nc2ccc(Br)cc2)CC=C1. The van der Waals surface area contributed by atoms with Crippen LogP contribution >= 0.6 is 15.9 Å². The van der Waals surface area contributed by atoms with Crippen molar-refractivity contribution in [2.24, 2.45) is 0 Å². The van der Waals surface area contributed by atoms with E-state index in [-0.39, 0.29) is 5.91 Å². The summed E-state index contributed by atoms with van der Waals surface area (Å²) in [7, 11) is 0. The smallest absolute Gasteiger partial charge is 0.224 e. The number of anilines is 1. The Morgan fingerprint density at radius 3 is 2.75 bits per heavy atom. The first-order valence-electron chi connectivity index (χ1n) is 6.72. The third kappa shape index (κ3) is 4.82. The number of hydrogen-bond donors (Lipinski definition) is 1. The molecular weight excluding hydrogens is 314 g/mol. The van der Waals surface area contributed by atoms with Crippen LogP contribution in [-0.2, 0) is 4.79 Å². The molecule has 104 valence electrons. The van der Waals surface area contributed by atoms with Crippen molar-refractivity contribution in [3.05, 3.63) is 64.2 Å². The molecule has 2 rings (SSSR count). The standard InChI is InChI=1S/C17H18BrNO/c1-13-3-2-4-14(6-5-13)7-12-17(20)19-16-10-8-15(18)9-11-16/h2-3,5-6,8-11H,4,7,12H2,1H3,(H,19,20). The summed E-state index contributed by atoms with van der Waals surface area (Å²) in [6.45, 7) is 2.08. The van der Waals surface area contributed by atoms with E-state index in [2.05, 4.69) is 52.5 Å². The second kappa shape index (κ2) is 7.25. The van der Waals surface area contributed by atoms with Crippen molar-refractivity contribution >= 4 is 27.5 Å². The maximum atomic E-state index is 11.9. The van der Waals surface area contributed by atoms with Gasteiger partial charge in [0.05, 0.1) is 0 Å². The molecule has 0 spiro atoms. The van der Waals surface area contributed by atoms with Crippen molar-refractivity contribution in [2.75, 3.05) is 5.32 Å². The topological polar surface area (TPSA) is 29.1 Å². The van der Waals surface area contributed by atoms with E-state index in [0.29, 0.717) is 6.42 Å². The van der Waals surface area contributed by atoms with Crippen molar-refractivity contribution in [2.45, 2.75) is 26.2 Å². The van der Waals surface area contributed by atoms with Gasteiger partial charge in [-0.3, -0.25) is 4.79 Å². The van der Waals surface area contributed by atoms with Gasteiger partial charge in [0.2, 0.25) is 5.91 Å². The number of hydrogen-bond acceptors (Lipinski definition) is 1. The minimum Gasteiger partial charge on any atom is -0.326 e. The molecule has 0 atom stereocenters. The first kappa shape index (κ1) is 14.8. The van der Waals surface area contributed by atoms with Crippen LogP contribution in [0.5, 0.6) is 0 Å². The molecule has 0 fully saturated rings. The Bertz CT molecular complexity index is 567. The molecule has 0 aromatic heterocycles. The zero-order chi connectivity index (χ0) is 14.4. The summed E-state index contributed by atoms with van der Waals surface area (Å²) < 4.78 is 1.01. The number of carbonyl (C=O) groups is 1. The number of halogens is 1. The second-order valence-corrected chi connectivity index (χ2v) is 5.81.